The van der Waals surface area contributed by atoms with Crippen LogP contribution < -0.4 is 5.32 Å². The highest BCUT2D eigenvalue weighted by molar-refractivity contribution is 5.74. The fourth-order valence-corrected chi connectivity index (χ4v) is 1.89. The van der Waals surface area contributed by atoms with E-state index in [0.717, 1.165) is 0 Å². The zero-order valence-electron chi connectivity index (χ0n) is 11.1. The molecule has 104 valence electrons. The standard InChI is InChI=1S/C16H11FN2O2/c1-18-13-5-2-10(8-12(13)17)3-7-16-19-14-6-4-11(20)9-15(14)21-16/h2,4-6,8-9,18,20H,1H3. The highest BCUT2D eigenvalue weighted by atomic mass is 19.1. The maximum absolute atomic E-state index is 13.6. The molecule has 5 heteroatoms. The number of rotatable bonds is 1. The molecule has 1 aromatic heterocycles. The highest BCUT2D eigenvalue weighted by Crippen LogP contribution is 2.20. The van der Waals surface area contributed by atoms with Gasteiger partial charge in [-0.25, -0.2) is 9.37 Å². The summed E-state index contributed by atoms with van der Waals surface area (Å²) < 4.78 is 19.0. The number of halogens is 1. The van der Waals surface area contributed by atoms with Gasteiger partial charge in [0, 0.05) is 18.7 Å². The number of fused-ring (bicyclic) bond motifs is 1. The molecule has 0 bridgehead atoms. The molecule has 0 saturated heterocycles. The molecule has 1 heterocycles. The third-order valence-electron chi connectivity index (χ3n) is 2.92. The van der Waals surface area contributed by atoms with Crippen molar-refractivity contribution in [1.82, 2.24) is 4.98 Å². The molecule has 0 unspecified atom stereocenters. The van der Waals surface area contributed by atoms with Gasteiger partial charge in [-0.05, 0) is 36.3 Å². The Bertz CT molecular complexity index is 875. The van der Waals surface area contributed by atoms with Crippen molar-refractivity contribution in [3.63, 3.8) is 0 Å². The lowest BCUT2D eigenvalue weighted by Crippen LogP contribution is -1.92. The molecule has 0 spiro atoms. The number of nitrogens with zero attached hydrogens (tertiary/aromatic N) is 1. The topological polar surface area (TPSA) is 58.3 Å². The zero-order chi connectivity index (χ0) is 14.8. The summed E-state index contributed by atoms with van der Waals surface area (Å²) in [5.74, 6) is 5.48. The van der Waals surface area contributed by atoms with E-state index in [1.54, 1.807) is 25.2 Å². The van der Waals surface area contributed by atoms with Gasteiger partial charge in [0.1, 0.15) is 17.1 Å². The van der Waals surface area contributed by atoms with Crippen LogP contribution in [-0.4, -0.2) is 17.1 Å². The fraction of sp³-hybridized carbons (Fsp3) is 0.0625. The number of benzene rings is 2. The summed E-state index contributed by atoms with van der Waals surface area (Å²) in [6, 6.07) is 9.29. The summed E-state index contributed by atoms with van der Waals surface area (Å²) in [5, 5.41) is 12.1. The molecule has 0 saturated carbocycles. The number of aromatic nitrogens is 1. The van der Waals surface area contributed by atoms with E-state index in [1.165, 1.54) is 18.2 Å². The van der Waals surface area contributed by atoms with Crippen LogP contribution in [0.1, 0.15) is 11.5 Å². The molecule has 0 aliphatic rings. The van der Waals surface area contributed by atoms with Gasteiger partial charge >= 0.3 is 0 Å². The third-order valence-corrected chi connectivity index (χ3v) is 2.92. The van der Waals surface area contributed by atoms with Gasteiger partial charge in [0.25, 0.3) is 5.89 Å². The van der Waals surface area contributed by atoms with Gasteiger partial charge in [-0.1, -0.05) is 5.92 Å². The Morgan fingerprint density at radius 3 is 2.81 bits per heavy atom. The molecule has 0 radical (unpaired) electrons. The van der Waals surface area contributed by atoms with Crippen LogP contribution in [0.25, 0.3) is 11.1 Å². The Balaban J connectivity index is 1.93. The van der Waals surface area contributed by atoms with E-state index in [-0.39, 0.29) is 17.5 Å². The number of phenolic OH excluding ortho intramolecular Hbond substituents is 1. The van der Waals surface area contributed by atoms with Crippen LogP contribution in [0.15, 0.2) is 40.8 Å². The van der Waals surface area contributed by atoms with Gasteiger partial charge in [0.05, 0.1) is 5.69 Å². The molecule has 4 nitrogen and oxygen atoms in total. The van der Waals surface area contributed by atoms with Gasteiger partial charge < -0.3 is 14.8 Å². The van der Waals surface area contributed by atoms with Crippen molar-refractivity contribution < 1.29 is 13.9 Å². The average molecular weight is 282 g/mol. The van der Waals surface area contributed by atoms with Crippen molar-refractivity contribution in [1.29, 1.82) is 0 Å². The summed E-state index contributed by atoms with van der Waals surface area (Å²) >= 11 is 0. The summed E-state index contributed by atoms with van der Waals surface area (Å²) in [5.41, 5.74) is 2.00. The van der Waals surface area contributed by atoms with Crippen LogP contribution in [0.2, 0.25) is 0 Å². The number of nitrogens with one attached hydrogen (secondary N) is 1. The van der Waals surface area contributed by atoms with Crippen molar-refractivity contribution in [2.45, 2.75) is 0 Å². The second-order valence-corrected chi connectivity index (χ2v) is 4.37. The van der Waals surface area contributed by atoms with E-state index in [2.05, 4.69) is 22.1 Å². The number of aromatic hydroxyl groups is 1. The quantitative estimate of drug-likeness (QED) is 0.673. The van der Waals surface area contributed by atoms with Gasteiger partial charge in [0.2, 0.25) is 0 Å². The Hall–Kier alpha value is -3.00. The normalized spacial score (nSPS) is 10.2. The first-order valence-electron chi connectivity index (χ1n) is 6.24. The van der Waals surface area contributed by atoms with E-state index in [9.17, 15) is 9.50 Å². The molecular formula is C16H11FN2O2. The van der Waals surface area contributed by atoms with E-state index < -0.39 is 0 Å². The van der Waals surface area contributed by atoms with Gasteiger partial charge in [-0.15, -0.1) is 0 Å². The van der Waals surface area contributed by atoms with Crippen LogP contribution in [0.4, 0.5) is 10.1 Å². The van der Waals surface area contributed by atoms with Crippen LogP contribution in [-0.2, 0) is 0 Å². The van der Waals surface area contributed by atoms with Gasteiger partial charge in [-0.2, -0.15) is 0 Å². The van der Waals surface area contributed by atoms with E-state index >= 15 is 0 Å². The lowest BCUT2D eigenvalue weighted by atomic mass is 10.2. The minimum absolute atomic E-state index is 0.0999. The van der Waals surface area contributed by atoms with Gasteiger partial charge in [-0.3, -0.25) is 0 Å². The van der Waals surface area contributed by atoms with Crippen LogP contribution in [0.3, 0.4) is 0 Å². The van der Waals surface area contributed by atoms with Crippen LogP contribution in [0.5, 0.6) is 5.75 Å². The first kappa shape index (κ1) is 13.0. The molecule has 21 heavy (non-hydrogen) atoms. The monoisotopic (exact) mass is 282 g/mol. The SMILES string of the molecule is CNc1ccc(C#Cc2nc3ccc(O)cc3o2)cc1F. The molecule has 3 rings (SSSR count). The summed E-state index contributed by atoms with van der Waals surface area (Å²) in [4.78, 5) is 4.17. The molecule has 3 aromatic rings. The third kappa shape index (κ3) is 2.65. The van der Waals surface area contributed by atoms with Crippen molar-refractivity contribution in [2.75, 3.05) is 12.4 Å². The summed E-state index contributed by atoms with van der Waals surface area (Å²) in [6.45, 7) is 0. The number of anilines is 1. The van der Waals surface area contributed by atoms with Crippen molar-refractivity contribution in [3.8, 4) is 17.6 Å². The van der Waals surface area contributed by atoms with Gasteiger partial charge in [0.15, 0.2) is 5.58 Å². The number of phenols is 1. The van der Waals surface area contributed by atoms with E-state index in [1.807, 2.05) is 0 Å². The highest BCUT2D eigenvalue weighted by Gasteiger charge is 2.04. The smallest absolute Gasteiger partial charge is 0.274 e. The minimum Gasteiger partial charge on any atom is -0.508 e. The second-order valence-electron chi connectivity index (χ2n) is 4.37. The number of hydrogen-bond acceptors (Lipinski definition) is 4. The molecule has 0 aliphatic heterocycles. The lowest BCUT2D eigenvalue weighted by molar-refractivity contribution is 0.474. The molecule has 0 amide bonds. The van der Waals surface area contributed by atoms with Crippen molar-refractivity contribution in [2.24, 2.45) is 0 Å². The maximum Gasteiger partial charge on any atom is 0.274 e. The number of hydrogen-bond donors (Lipinski definition) is 2. The summed E-state index contributed by atoms with van der Waals surface area (Å²) in [6.07, 6.45) is 0. The molecule has 2 aromatic carbocycles. The molecule has 0 fully saturated rings. The Morgan fingerprint density at radius 2 is 2.05 bits per heavy atom. The Labute approximate surface area is 120 Å². The average Bonchev–Trinajstić information content (AvgIpc) is 2.87. The molecule has 0 aliphatic carbocycles. The molecular weight excluding hydrogens is 271 g/mol. The summed E-state index contributed by atoms with van der Waals surface area (Å²) in [7, 11) is 1.65. The number of oxazole rings is 1. The zero-order valence-corrected chi connectivity index (χ0v) is 11.1. The maximum atomic E-state index is 13.6. The predicted octanol–water partition coefficient (Wildman–Crippen LogP) is 3.11. The van der Waals surface area contributed by atoms with Crippen LogP contribution >= 0.6 is 0 Å². The molecule has 2 N–H and O–H groups in total. The Kier molecular flexibility index (Phi) is 3.20. The first-order chi connectivity index (χ1) is 10.2. The van der Waals surface area contributed by atoms with Crippen molar-refractivity contribution in [3.05, 3.63) is 53.7 Å². The predicted molar refractivity (Wildman–Crippen MR) is 77.6 cm³/mol. The van der Waals surface area contributed by atoms with Crippen molar-refractivity contribution >= 4 is 16.8 Å². The minimum atomic E-state index is -0.369. The first-order valence-corrected chi connectivity index (χ1v) is 6.24. The lowest BCUT2D eigenvalue weighted by Gasteiger charge is -2.00. The van der Waals surface area contributed by atoms with E-state index in [0.29, 0.717) is 22.4 Å². The largest absolute Gasteiger partial charge is 0.508 e. The molecule has 0 atom stereocenters. The second kappa shape index (κ2) is 5.17. The fourth-order valence-electron chi connectivity index (χ4n) is 1.89. The van der Waals surface area contributed by atoms with E-state index in [4.69, 9.17) is 4.42 Å². The van der Waals surface area contributed by atoms with Crippen LogP contribution in [0, 0.1) is 17.7 Å². The Morgan fingerprint density at radius 1 is 1.19 bits per heavy atom.